The molecule has 0 aliphatic heterocycles. The number of H-pyrrole nitrogens is 1. The molecule has 0 aliphatic rings. The predicted octanol–water partition coefficient (Wildman–Crippen LogP) is 2.63. The number of carboxylic acids is 1. The van der Waals surface area contributed by atoms with Gasteiger partial charge in [-0.25, -0.2) is 0 Å². The number of hydrogen-bond acceptors (Lipinski definition) is 2. The molecular formula is C16H20N2O3. The van der Waals surface area contributed by atoms with Crippen LogP contribution in [0.5, 0.6) is 0 Å². The summed E-state index contributed by atoms with van der Waals surface area (Å²) >= 11 is 0. The van der Waals surface area contributed by atoms with Crippen LogP contribution in [0.15, 0.2) is 18.2 Å². The van der Waals surface area contributed by atoms with Crippen LogP contribution in [-0.4, -0.2) is 28.5 Å². The number of aryl methyl sites for hydroxylation is 2. The summed E-state index contributed by atoms with van der Waals surface area (Å²) in [5.74, 6) is -1.12. The summed E-state index contributed by atoms with van der Waals surface area (Å²) in [7, 11) is 0. The van der Waals surface area contributed by atoms with Crippen LogP contribution in [0.3, 0.4) is 0 Å². The van der Waals surface area contributed by atoms with Crippen LogP contribution >= 0.6 is 0 Å². The highest BCUT2D eigenvalue weighted by atomic mass is 16.4. The van der Waals surface area contributed by atoms with Crippen LogP contribution in [0.4, 0.5) is 0 Å². The molecule has 0 spiro atoms. The van der Waals surface area contributed by atoms with Gasteiger partial charge < -0.3 is 15.4 Å². The van der Waals surface area contributed by atoms with E-state index < -0.39 is 5.97 Å². The standard InChI is InChI=1S/C16H20N2O3/c1-9(6-15(19)20)8-17-16(21)12-4-5-14-13(7-12)10(2)11(3)18-14/h4-5,7,9,18H,6,8H2,1-3H3,(H,17,21)(H,19,20). The molecule has 2 aromatic rings. The van der Waals surface area contributed by atoms with Crippen molar-refractivity contribution < 1.29 is 14.7 Å². The third-order valence-electron chi connectivity index (χ3n) is 3.70. The summed E-state index contributed by atoms with van der Waals surface area (Å²) in [6.07, 6.45) is 0.0510. The van der Waals surface area contributed by atoms with Crippen LogP contribution in [0.2, 0.25) is 0 Å². The van der Waals surface area contributed by atoms with Gasteiger partial charge in [-0.05, 0) is 43.5 Å². The Hall–Kier alpha value is -2.30. The second kappa shape index (κ2) is 5.99. The Bertz CT molecular complexity index is 688. The highest BCUT2D eigenvalue weighted by molar-refractivity contribution is 5.99. The molecule has 112 valence electrons. The summed E-state index contributed by atoms with van der Waals surface area (Å²) in [6, 6.07) is 5.53. The maximum Gasteiger partial charge on any atom is 0.303 e. The van der Waals surface area contributed by atoms with Gasteiger partial charge in [-0.3, -0.25) is 9.59 Å². The van der Waals surface area contributed by atoms with Crippen molar-refractivity contribution in [2.24, 2.45) is 5.92 Å². The maximum atomic E-state index is 12.1. The molecule has 1 heterocycles. The number of aromatic nitrogens is 1. The number of nitrogens with one attached hydrogen (secondary N) is 2. The van der Waals surface area contributed by atoms with Crippen molar-refractivity contribution in [3.8, 4) is 0 Å². The normalized spacial score (nSPS) is 12.3. The number of amides is 1. The molecule has 0 fully saturated rings. The Labute approximate surface area is 123 Å². The van der Waals surface area contributed by atoms with Gasteiger partial charge in [0.25, 0.3) is 5.91 Å². The van der Waals surface area contributed by atoms with E-state index in [-0.39, 0.29) is 18.2 Å². The number of carbonyl (C=O) groups excluding carboxylic acids is 1. The number of aliphatic carboxylic acids is 1. The molecule has 1 atom stereocenters. The fourth-order valence-electron chi connectivity index (χ4n) is 2.34. The maximum absolute atomic E-state index is 12.1. The third-order valence-corrected chi connectivity index (χ3v) is 3.70. The Morgan fingerprint density at radius 2 is 2.05 bits per heavy atom. The fourth-order valence-corrected chi connectivity index (χ4v) is 2.34. The Kier molecular flexibility index (Phi) is 4.31. The van der Waals surface area contributed by atoms with Crippen molar-refractivity contribution in [2.75, 3.05) is 6.54 Å². The van der Waals surface area contributed by atoms with Gasteiger partial charge in [-0.2, -0.15) is 0 Å². The van der Waals surface area contributed by atoms with E-state index in [1.54, 1.807) is 13.0 Å². The summed E-state index contributed by atoms with van der Waals surface area (Å²) in [6.45, 7) is 6.18. The van der Waals surface area contributed by atoms with Crippen LogP contribution in [0.25, 0.3) is 10.9 Å². The summed E-state index contributed by atoms with van der Waals surface area (Å²) in [5.41, 5.74) is 3.84. The molecule has 0 bridgehead atoms. The van der Waals surface area contributed by atoms with Crippen molar-refractivity contribution in [3.63, 3.8) is 0 Å². The van der Waals surface area contributed by atoms with Gasteiger partial charge in [0.2, 0.25) is 0 Å². The average Bonchev–Trinajstić information content (AvgIpc) is 2.70. The second-order valence-corrected chi connectivity index (χ2v) is 5.55. The van der Waals surface area contributed by atoms with E-state index in [0.29, 0.717) is 12.1 Å². The Morgan fingerprint density at radius 1 is 1.33 bits per heavy atom. The SMILES string of the molecule is Cc1[nH]c2ccc(C(=O)NCC(C)CC(=O)O)cc2c1C. The number of carboxylic acid groups (broad SMARTS) is 1. The summed E-state index contributed by atoms with van der Waals surface area (Å²) in [5, 5.41) is 12.5. The molecule has 1 amide bonds. The number of aromatic amines is 1. The zero-order valence-corrected chi connectivity index (χ0v) is 12.5. The van der Waals surface area contributed by atoms with Gasteiger partial charge >= 0.3 is 5.97 Å². The van der Waals surface area contributed by atoms with Crippen LogP contribution < -0.4 is 5.32 Å². The number of fused-ring (bicyclic) bond motifs is 1. The highest BCUT2D eigenvalue weighted by Gasteiger charge is 2.12. The van der Waals surface area contributed by atoms with Crippen molar-refractivity contribution in [2.45, 2.75) is 27.2 Å². The van der Waals surface area contributed by atoms with E-state index in [4.69, 9.17) is 5.11 Å². The molecule has 0 saturated carbocycles. The fraction of sp³-hybridized carbons (Fsp3) is 0.375. The predicted molar refractivity (Wildman–Crippen MR) is 81.5 cm³/mol. The number of carbonyl (C=O) groups is 2. The zero-order chi connectivity index (χ0) is 15.6. The van der Waals surface area contributed by atoms with Crippen LogP contribution in [0, 0.1) is 19.8 Å². The average molecular weight is 288 g/mol. The topological polar surface area (TPSA) is 82.2 Å². The highest BCUT2D eigenvalue weighted by Crippen LogP contribution is 2.22. The van der Waals surface area contributed by atoms with E-state index in [2.05, 4.69) is 10.3 Å². The number of rotatable bonds is 5. The Balaban J connectivity index is 2.09. The van der Waals surface area contributed by atoms with E-state index in [1.165, 1.54) is 0 Å². The van der Waals surface area contributed by atoms with Gasteiger partial charge in [0.1, 0.15) is 0 Å². The monoisotopic (exact) mass is 288 g/mol. The van der Waals surface area contributed by atoms with E-state index in [9.17, 15) is 9.59 Å². The van der Waals surface area contributed by atoms with Gasteiger partial charge in [0.15, 0.2) is 0 Å². The van der Waals surface area contributed by atoms with Crippen molar-refractivity contribution in [1.29, 1.82) is 0 Å². The number of hydrogen-bond donors (Lipinski definition) is 3. The lowest BCUT2D eigenvalue weighted by Crippen LogP contribution is -2.29. The van der Waals surface area contributed by atoms with Crippen LogP contribution in [-0.2, 0) is 4.79 Å². The lowest BCUT2D eigenvalue weighted by atomic mass is 10.1. The molecule has 0 aliphatic carbocycles. The van der Waals surface area contributed by atoms with Gasteiger partial charge in [0.05, 0.1) is 0 Å². The first-order valence-corrected chi connectivity index (χ1v) is 6.97. The van der Waals surface area contributed by atoms with E-state index in [1.807, 2.05) is 26.0 Å². The van der Waals surface area contributed by atoms with Gasteiger partial charge in [-0.15, -0.1) is 0 Å². The minimum Gasteiger partial charge on any atom is -0.481 e. The van der Waals surface area contributed by atoms with Gasteiger partial charge in [0, 0.05) is 35.1 Å². The molecule has 5 nitrogen and oxygen atoms in total. The first-order chi connectivity index (χ1) is 9.88. The van der Waals surface area contributed by atoms with Crippen molar-refractivity contribution >= 4 is 22.8 Å². The molecule has 5 heteroatoms. The lowest BCUT2D eigenvalue weighted by Gasteiger charge is -2.10. The van der Waals surface area contributed by atoms with Crippen molar-refractivity contribution in [3.05, 3.63) is 35.0 Å². The molecular weight excluding hydrogens is 268 g/mol. The summed E-state index contributed by atoms with van der Waals surface area (Å²) in [4.78, 5) is 26.0. The molecule has 0 saturated heterocycles. The van der Waals surface area contributed by atoms with E-state index in [0.717, 1.165) is 22.2 Å². The van der Waals surface area contributed by atoms with Crippen LogP contribution in [0.1, 0.15) is 35.0 Å². The third kappa shape index (κ3) is 3.42. The molecule has 21 heavy (non-hydrogen) atoms. The lowest BCUT2D eigenvalue weighted by molar-refractivity contribution is -0.137. The Morgan fingerprint density at radius 3 is 2.71 bits per heavy atom. The molecule has 1 aromatic heterocycles. The molecule has 3 N–H and O–H groups in total. The smallest absolute Gasteiger partial charge is 0.303 e. The van der Waals surface area contributed by atoms with Gasteiger partial charge in [-0.1, -0.05) is 6.92 Å². The second-order valence-electron chi connectivity index (χ2n) is 5.55. The molecule has 1 aromatic carbocycles. The summed E-state index contributed by atoms with van der Waals surface area (Å²) < 4.78 is 0. The minimum atomic E-state index is -0.850. The minimum absolute atomic E-state index is 0.0510. The first kappa shape index (κ1) is 15.1. The molecule has 1 unspecified atom stereocenters. The largest absolute Gasteiger partial charge is 0.481 e. The zero-order valence-electron chi connectivity index (χ0n) is 12.5. The van der Waals surface area contributed by atoms with E-state index >= 15 is 0 Å². The molecule has 0 radical (unpaired) electrons. The first-order valence-electron chi connectivity index (χ1n) is 6.97. The molecule has 2 rings (SSSR count). The quantitative estimate of drug-likeness (QED) is 0.791. The number of benzene rings is 1. The van der Waals surface area contributed by atoms with Crippen molar-refractivity contribution in [1.82, 2.24) is 10.3 Å².